The first-order chi connectivity index (χ1) is 7.82. The van der Waals surface area contributed by atoms with Crippen molar-refractivity contribution in [2.24, 2.45) is 11.8 Å². The Hall–Kier alpha value is -1.06. The summed E-state index contributed by atoms with van der Waals surface area (Å²) < 4.78 is 0. The zero-order valence-electron chi connectivity index (χ0n) is 11.7. The molecule has 100 valence electrons. The van der Waals surface area contributed by atoms with Gasteiger partial charge in [0, 0.05) is 33.0 Å². The molecule has 4 nitrogen and oxygen atoms in total. The van der Waals surface area contributed by atoms with Gasteiger partial charge < -0.3 is 10.2 Å². The van der Waals surface area contributed by atoms with Gasteiger partial charge in [0.05, 0.1) is 0 Å². The lowest BCUT2D eigenvalue weighted by Gasteiger charge is -2.23. The van der Waals surface area contributed by atoms with Crippen LogP contribution in [0.3, 0.4) is 0 Å². The summed E-state index contributed by atoms with van der Waals surface area (Å²) >= 11 is 0. The third kappa shape index (κ3) is 8.72. The largest absolute Gasteiger partial charge is 0.354 e. The predicted molar refractivity (Wildman–Crippen MR) is 69.6 cm³/mol. The highest BCUT2D eigenvalue weighted by Crippen LogP contribution is 2.00. The first-order valence-corrected chi connectivity index (χ1v) is 6.35. The van der Waals surface area contributed by atoms with Crippen LogP contribution in [0.25, 0.3) is 0 Å². The lowest BCUT2D eigenvalue weighted by molar-refractivity contribution is -0.130. The number of carbonyl (C=O) groups is 2. The second-order valence-electron chi connectivity index (χ2n) is 5.31. The molecule has 0 aromatic rings. The highest BCUT2D eigenvalue weighted by atomic mass is 16.2. The summed E-state index contributed by atoms with van der Waals surface area (Å²) in [4.78, 5) is 24.5. The number of nitrogens with zero attached hydrogens (tertiary/aromatic N) is 1. The zero-order valence-corrected chi connectivity index (χ0v) is 11.7. The van der Waals surface area contributed by atoms with Crippen LogP contribution in [0.4, 0.5) is 0 Å². The maximum absolute atomic E-state index is 11.4. The van der Waals surface area contributed by atoms with Crippen LogP contribution in [0, 0.1) is 11.8 Å². The van der Waals surface area contributed by atoms with Crippen LogP contribution >= 0.6 is 0 Å². The average Bonchev–Trinajstić information content (AvgIpc) is 2.13. The van der Waals surface area contributed by atoms with Crippen molar-refractivity contribution in [2.75, 3.05) is 19.6 Å². The molecule has 0 fully saturated rings. The summed E-state index contributed by atoms with van der Waals surface area (Å²) in [5.74, 6) is 0.949. The molecule has 2 amide bonds. The number of hydrogen-bond acceptors (Lipinski definition) is 2. The van der Waals surface area contributed by atoms with Gasteiger partial charge in [0.15, 0.2) is 0 Å². The fraction of sp³-hybridized carbons (Fsp3) is 0.846. The molecule has 0 spiro atoms. The van der Waals surface area contributed by atoms with Crippen molar-refractivity contribution in [3.63, 3.8) is 0 Å². The standard InChI is InChI=1S/C13H26N2O2/c1-10(2)8-13(17)14-6-7-15(12(5)16)9-11(3)4/h10-11H,6-9H2,1-5H3,(H,14,17). The summed E-state index contributed by atoms with van der Waals surface area (Å²) in [6, 6.07) is 0. The van der Waals surface area contributed by atoms with E-state index in [0.29, 0.717) is 31.3 Å². The van der Waals surface area contributed by atoms with Crippen molar-refractivity contribution in [1.82, 2.24) is 10.2 Å². The number of amides is 2. The molecule has 0 unspecified atom stereocenters. The quantitative estimate of drug-likeness (QED) is 0.738. The van der Waals surface area contributed by atoms with Gasteiger partial charge in [-0.15, -0.1) is 0 Å². The molecule has 0 aliphatic carbocycles. The number of carbonyl (C=O) groups excluding carboxylic acids is 2. The van der Waals surface area contributed by atoms with Gasteiger partial charge >= 0.3 is 0 Å². The van der Waals surface area contributed by atoms with E-state index in [9.17, 15) is 9.59 Å². The number of hydrogen-bond donors (Lipinski definition) is 1. The molecule has 0 radical (unpaired) electrons. The average molecular weight is 242 g/mol. The molecule has 0 rings (SSSR count). The fourth-order valence-electron chi connectivity index (χ4n) is 1.59. The minimum absolute atomic E-state index is 0.0630. The van der Waals surface area contributed by atoms with E-state index in [1.807, 2.05) is 13.8 Å². The maximum atomic E-state index is 11.4. The first-order valence-electron chi connectivity index (χ1n) is 6.35. The SMILES string of the molecule is CC(=O)N(CCNC(=O)CC(C)C)CC(C)C. The van der Waals surface area contributed by atoms with Gasteiger partial charge in [-0.2, -0.15) is 0 Å². The molecule has 1 N–H and O–H groups in total. The molecule has 0 aromatic carbocycles. The van der Waals surface area contributed by atoms with E-state index in [1.54, 1.807) is 11.8 Å². The Labute approximate surface area is 105 Å². The number of nitrogens with one attached hydrogen (secondary N) is 1. The van der Waals surface area contributed by atoms with Gasteiger partial charge in [-0.3, -0.25) is 9.59 Å². The molecule has 17 heavy (non-hydrogen) atoms. The maximum Gasteiger partial charge on any atom is 0.220 e. The van der Waals surface area contributed by atoms with Crippen LogP contribution in [0.15, 0.2) is 0 Å². The highest BCUT2D eigenvalue weighted by molar-refractivity contribution is 5.76. The Morgan fingerprint density at radius 3 is 2.12 bits per heavy atom. The number of rotatable bonds is 7. The van der Waals surface area contributed by atoms with Crippen LogP contribution in [0.2, 0.25) is 0 Å². The Morgan fingerprint density at radius 2 is 1.71 bits per heavy atom. The van der Waals surface area contributed by atoms with Crippen LogP contribution in [-0.2, 0) is 9.59 Å². The van der Waals surface area contributed by atoms with Crippen molar-refractivity contribution in [2.45, 2.75) is 41.0 Å². The van der Waals surface area contributed by atoms with Crippen molar-refractivity contribution < 1.29 is 9.59 Å². The fourth-order valence-corrected chi connectivity index (χ4v) is 1.59. The summed E-state index contributed by atoms with van der Waals surface area (Å²) in [5.41, 5.74) is 0. The molecule has 0 aromatic heterocycles. The molecular formula is C13H26N2O2. The van der Waals surface area contributed by atoms with Gasteiger partial charge in [-0.05, 0) is 11.8 Å². The van der Waals surface area contributed by atoms with Crippen LogP contribution < -0.4 is 5.32 Å². The second-order valence-corrected chi connectivity index (χ2v) is 5.31. The van der Waals surface area contributed by atoms with E-state index < -0.39 is 0 Å². The van der Waals surface area contributed by atoms with E-state index in [2.05, 4.69) is 19.2 Å². The van der Waals surface area contributed by atoms with Gasteiger partial charge in [-0.25, -0.2) is 0 Å². The Bertz CT molecular complexity index is 250. The normalized spacial score (nSPS) is 10.8. The molecular weight excluding hydrogens is 216 g/mol. The molecule has 0 saturated carbocycles. The molecule has 4 heteroatoms. The Morgan fingerprint density at radius 1 is 1.12 bits per heavy atom. The molecule has 0 heterocycles. The minimum atomic E-state index is 0.0630. The van der Waals surface area contributed by atoms with Crippen LogP contribution in [-0.4, -0.2) is 36.3 Å². The summed E-state index contributed by atoms with van der Waals surface area (Å²) in [7, 11) is 0. The van der Waals surface area contributed by atoms with E-state index >= 15 is 0 Å². The third-order valence-electron chi connectivity index (χ3n) is 2.33. The Kier molecular flexibility index (Phi) is 7.59. The smallest absolute Gasteiger partial charge is 0.220 e. The van der Waals surface area contributed by atoms with E-state index in [1.165, 1.54) is 0 Å². The van der Waals surface area contributed by atoms with Crippen molar-refractivity contribution in [3.8, 4) is 0 Å². The Balaban J connectivity index is 3.90. The minimum Gasteiger partial charge on any atom is -0.354 e. The van der Waals surface area contributed by atoms with Gasteiger partial charge in [-0.1, -0.05) is 27.7 Å². The summed E-state index contributed by atoms with van der Waals surface area (Å²) in [5, 5.41) is 2.84. The second kappa shape index (κ2) is 8.09. The lowest BCUT2D eigenvalue weighted by atomic mass is 10.1. The van der Waals surface area contributed by atoms with E-state index in [0.717, 1.165) is 6.54 Å². The van der Waals surface area contributed by atoms with Crippen LogP contribution in [0.5, 0.6) is 0 Å². The van der Waals surface area contributed by atoms with Crippen molar-refractivity contribution in [1.29, 1.82) is 0 Å². The van der Waals surface area contributed by atoms with E-state index in [-0.39, 0.29) is 11.8 Å². The van der Waals surface area contributed by atoms with Gasteiger partial charge in [0.1, 0.15) is 0 Å². The molecule has 0 bridgehead atoms. The molecule has 0 aliphatic rings. The predicted octanol–water partition coefficient (Wildman–Crippen LogP) is 1.65. The van der Waals surface area contributed by atoms with E-state index in [4.69, 9.17) is 0 Å². The molecule has 0 aliphatic heterocycles. The van der Waals surface area contributed by atoms with Gasteiger partial charge in [0.25, 0.3) is 0 Å². The molecule has 0 saturated heterocycles. The zero-order chi connectivity index (χ0) is 13.4. The topological polar surface area (TPSA) is 49.4 Å². The highest BCUT2D eigenvalue weighted by Gasteiger charge is 2.11. The molecule has 0 atom stereocenters. The van der Waals surface area contributed by atoms with Crippen molar-refractivity contribution >= 4 is 11.8 Å². The van der Waals surface area contributed by atoms with Crippen molar-refractivity contribution in [3.05, 3.63) is 0 Å². The lowest BCUT2D eigenvalue weighted by Crippen LogP contribution is -2.39. The summed E-state index contributed by atoms with van der Waals surface area (Å²) in [6.45, 7) is 11.6. The van der Waals surface area contributed by atoms with Crippen LogP contribution in [0.1, 0.15) is 41.0 Å². The monoisotopic (exact) mass is 242 g/mol. The summed E-state index contributed by atoms with van der Waals surface area (Å²) in [6.07, 6.45) is 0.546. The third-order valence-corrected chi connectivity index (χ3v) is 2.33. The van der Waals surface area contributed by atoms with Gasteiger partial charge in [0.2, 0.25) is 11.8 Å². The first kappa shape index (κ1) is 15.9.